The van der Waals surface area contributed by atoms with Gasteiger partial charge in [0.2, 0.25) is 0 Å². The molecule has 0 atom stereocenters. The van der Waals surface area contributed by atoms with Crippen molar-refractivity contribution in [3.8, 4) is 0 Å². The maximum Gasteiger partial charge on any atom is 0.254 e. The quantitative estimate of drug-likeness (QED) is 0.788. The van der Waals surface area contributed by atoms with Crippen LogP contribution in [0.2, 0.25) is 0 Å². The zero-order valence-corrected chi connectivity index (χ0v) is 10.1. The van der Waals surface area contributed by atoms with Gasteiger partial charge in [-0.05, 0) is 23.6 Å². The van der Waals surface area contributed by atoms with Gasteiger partial charge in [0, 0.05) is 30.4 Å². The van der Waals surface area contributed by atoms with Crippen LogP contribution in [0.4, 0.5) is 0 Å². The Morgan fingerprint density at radius 1 is 1.44 bits per heavy atom. The third-order valence-electron chi connectivity index (χ3n) is 2.81. The SMILES string of the molecule is C=CCN(CCO)C(=O)c1ccc2cc[nH]c2c1. The number of aliphatic hydroxyl groups excluding tert-OH is 1. The molecule has 0 saturated heterocycles. The molecule has 0 unspecified atom stereocenters. The number of amides is 1. The summed E-state index contributed by atoms with van der Waals surface area (Å²) in [6.45, 7) is 4.31. The van der Waals surface area contributed by atoms with E-state index in [1.807, 2.05) is 24.4 Å². The Morgan fingerprint density at radius 2 is 2.28 bits per heavy atom. The van der Waals surface area contributed by atoms with E-state index < -0.39 is 0 Å². The predicted molar refractivity (Wildman–Crippen MR) is 71.5 cm³/mol. The number of benzene rings is 1. The molecule has 0 saturated carbocycles. The number of aliphatic hydroxyl groups is 1. The van der Waals surface area contributed by atoms with Gasteiger partial charge in [0.05, 0.1) is 6.61 Å². The first-order chi connectivity index (χ1) is 8.76. The molecule has 4 heteroatoms. The van der Waals surface area contributed by atoms with Crippen molar-refractivity contribution >= 4 is 16.8 Å². The average molecular weight is 244 g/mol. The first kappa shape index (κ1) is 12.4. The second-order valence-corrected chi connectivity index (χ2v) is 4.04. The van der Waals surface area contributed by atoms with Gasteiger partial charge >= 0.3 is 0 Å². The molecule has 2 aromatic rings. The fourth-order valence-electron chi connectivity index (χ4n) is 1.92. The number of carbonyl (C=O) groups is 1. The summed E-state index contributed by atoms with van der Waals surface area (Å²) in [5, 5.41) is 10.0. The molecular formula is C14H16N2O2. The second kappa shape index (κ2) is 5.51. The molecule has 0 spiro atoms. The van der Waals surface area contributed by atoms with Crippen LogP contribution in [0.15, 0.2) is 43.1 Å². The van der Waals surface area contributed by atoms with E-state index in [-0.39, 0.29) is 12.5 Å². The maximum absolute atomic E-state index is 12.2. The predicted octanol–water partition coefficient (Wildman–Crippen LogP) is 1.79. The molecule has 2 rings (SSSR count). The summed E-state index contributed by atoms with van der Waals surface area (Å²) in [6, 6.07) is 7.49. The molecule has 18 heavy (non-hydrogen) atoms. The number of carbonyl (C=O) groups excluding carboxylic acids is 1. The zero-order valence-electron chi connectivity index (χ0n) is 10.1. The van der Waals surface area contributed by atoms with Crippen molar-refractivity contribution in [2.75, 3.05) is 19.7 Å². The van der Waals surface area contributed by atoms with Gasteiger partial charge in [-0.15, -0.1) is 6.58 Å². The topological polar surface area (TPSA) is 56.3 Å². The standard InChI is InChI=1S/C14H16N2O2/c1-2-7-16(8-9-17)14(18)12-4-3-11-5-6-15-13(11)10-12/h2-6,10,15,17H,1,7-9H2. The Bertz CT molecular complexity index is 560. The minimum atomic E-state index is -0.0968. The van der Waals surface area contributed by atoms with Crippen molar-refractivity contribution in [1.82, 2.24) is 9.88 Å². The first-order valence-electron chi connectivity index (χ1n) is 5.84. The second-order valence-electron chi connectivity index (χ2n) is 4.04. The lowest BCUT2D eigenvalue weighted by molar-refractivity contribution is 0.0743. The van der Waals surface area contributed by atoms with Crippen LogP contribution in [0, 0.1) is 0 Å². The van der Waals surface area contributed by atoms with Gasteiger partial charge in [0.1, 0.15) is 0 Å². The lowest BCUT2D eigenvalue weighted by atomic mass is 10.1. The zero-order chi connectivity index (χ0) is 13.0. The minimum absolute atomic E-state index is 0.0513. The highest BCUT2D eigenvalue weighted by Gasteiger charge is 2.14. The summed E-state index contributed by atoms with van der Waals surface area (Å²) in [6.07, 6.45) is 3.49. The van der Waals surface area contributed by atoms with Crippen LogP contribution in [0.5, 0.6) is 0 Å². The number of aromatic nitrogens is 1. The lowest BCUT2D eigenvalue weighted by Crippen LogP contribution is -2.33. The Labute approximate surface area is 106 Å². The molecule has 1 aromatic carbocycles. The number of hydrogen-bond donors (Lipinski definition) is 2. The van der Waals surface area contributed by atoms with Crippen molar-refractivity contribution in [3.05, 3.63) is 48.7 Å². The third-order valence-corrected chi connectivity index (χ3v) is 2.81. The molecular weight excluding hydrogens is 228 g/mol. The van der Waals surface area contributed by atoms with Gasteiger partial charge < -0.3 is 15.0 Å². The van der Waals surface area contributed by atoms with E-state index in [2.05, 4.69) is 11.6 Å². The lowest BCUT2D eigenvalue weighted by Gasteiger charge is -2.19. The number of hydrogen-bond acceptors (Lipinski definition) is 2. The molecule has 0 radical (unpaired) electrons. The molecule has 0 aliphatic rings. The number of rotatable bonds is 5. The van der Waals surface area contributed by atoms with Crippen molar-refractivity contribution in [1.29, 1.82) is 0 Å². The Morgan fingerprint density at radius 3 is 3.00 bits per heavy atom. The van der Waals surface area contributed by atoms with Crippen LogP contribution in [0.25, 0.3) is 10.9 Å². The molecule has 4 nitrogen and oxygen atoms in total. The summed E-state index contributed by atoms with van der Waals surface area (Å²) in [7, 11) is 0. The van der Waals surface area contributed by atoms with Crippen LogP contribution in [-0.4, -0.2) is 40.6 Å². The number of H-pyrrole nitrogens is 1. The van der Waals surface area contributed by atoms with E-state index in [9.17, 15) is 4.79 Å². The van der Waals surface area contributed by atoms with E-state index in [1.165, 1.54) is 0 Å². The van der Waals surface area contributed by atoms with E-state index in [0.29, 0.717) is 18.7 Å². The van der Waals surface area contributed by atoms with Crippen LogP contribution in [-0.2, 0) is 0 Å². The van der Waals surface area contributed by atoms with Gasteiger partial charge in [0.15, 0.2) is 0 Å². The van der Waals surface area contributed by atoms with E-state index >= 15 is 0 Å². The van der Waals surface area contributed by atoms with Crippen molar-refractivity contribution < 1.29 is 9.90 Å². The van der Waals surface area contributed by atoms with Crippen molar-refractivity contribution in [3.63, 3.8) is 0 Å². The third kappa shape index (κ3) is 2.43. The van der Waals surface area contributed by atoms with E-state index in [4.69, 9.17) is 5.11 Å². The molecule has 0 bridgehead atoms. The number of nitrogens with zero attached hydrogens (tertiary/aromatic N) is 1. The summed E-state index contributed by atoms with van der Waals surface area (Å²) < 4.78 is 0. The highest BCUT2D eigenvalue weighted by Crippen LogP contribution is 2.15. The molecule has 2 N–H and O–H groups in total. The normalized spacial score (nSPS) is 10.5. The molecule has 1 amide bonds. The highest BCUT2D eigenvalue weighted by molar-refractivity contribution is 5.98. The van der Waals surface area contributed by atoms with Crippen LogP contribution in [0.1, 0.15) is 10.4 Å². The monoisotopic (exact) mass is 244 g/mol. The fourth-order valence-corrected chi connectivity index (χ4v) is 1.92. The Balaban J connectivity index is 2.27. The minimum Gasteiger partial charge on any atom is -0.395 e. The van der Waals surface area contributed by atoms with Crippen LogP contribution >= 0.6 is 0 Å². The smallest absolute Gasteiger partial charge is 0.254 e. The molecule has 1 heterocycles. The number of aromatic amines is 1. The van der Waals surface area contributed by atoms with Gasteiger partial charge in [-0.2, -0.15) is 0 Å². The fraction of sp³-hybridized carbons (Fsp3) is 0.214. The van der Waals surface area contributed by atoms with Crippen molar-refractivity contribution in [2.24, 2.45) is 0 Å². The maximum atomic E-state index is 12.2. The van der Waals surface area contributed by atoms with Crippen LogP contribution in [0.3, 0.4) is 0 Å². The molecule has 0 fully saturated rings. The van der Waals surface area contributed by atoms with Gasteiger partial charge in [-0.25, -0.2) is 0 Å². The van der Waals surface area contributed by atoms with E-state index in [0.717, 1.165) is 10.9 Å². The molecule has 0 aliphatic carbocycles. The largest absolute Gasteiger partial charge is 0.395 e. The Hall–Kier alpha value is -2.07. The van der Waals surface area contributed by atoms with E-state index in [1.54, 1.807) is 17.0 Å². The molecule has 1 aromatic heterocycles. The van der Waals surface area contributed by atoms with Gasteiger partial charge in [0.25, 0.3) is 5.91 Å². The van der Waals surface area contributed by atoms with Crippen molar-refractivity contribution in [2.45, 2.75) is 0 Å². The van der Waals surface area contributed by atoms with Crippen LogP contribution < -0.4 is 0 Å². The number of nitrogens with one attached hydrogen (secondary N) is 1. The Kier molecular flexibility index (Phi) is 3.79. The number of fused-ring (bicyclic) bond motifs is 1. The first-order valence-corrected chi connectivity index (χ1v) is 5.84. The molecule has 0 aliphatic heterocycles. The summed E-state index contributed by atoms with van der Waals surface area (Å²) in [5.41, 5.74) is 1.55. The molecule has 94 valence electrons. The average Bonchev–Trinajstić information content (AvgIpc) is 2.84. The summed E-state index contributed by atoms with van der Waals surface area (Å²) in [5.74, 6) is -0.0968. The van der Waals surface area contributed by atoms with Gasteiger partial charge in [-0.3, -0.25) is 4.79 Å². The summed E-state index contributed by atoms with van der Waals surface area (Å²) >= 11 is 0. The highest BCUT2D eigenvalue weighted by atomic mass is 16.3. The van der Waals surface area contributed by atoms with Gasteiger partial charge in [-0.1, -0.05) is 12.1 Å². The summed E-state index contributed by atoms with van der Waals surface area (Å²) in [4.78, 5) is 16.9.